The summed E-state index contributed by atoms with van der Waals surface area (Å²) in [4.78, 5) is 10.4. The minimum absolute atomic E-state index is 0.0607. The highest BCUT2D eigenvalue weighted by molar-refractivity contribution is 6.42. The van der Waals surface area contributed by atoms with E-state index in [1.165, 1.54) is 24.3 Å². The van der Waals surface area contributed by atoms with Gasteiger partial charge in [0.1, 0.15) is 5.75 Å². The molecular formula is C13H9Cl2NO4. The van der Waals surface area contributed by atoms with Crippen LogP contribution in [0.3, 0.4) is 0 Å². The third kappa shape index (κ3) is 3.19. The van der Waals surface area contributed by atoms with Gasteiger partial charge in [-0.3, -0.25) is 10.1 Å². The highest BCUT2D eigenvalue weighted by Gasteiger charge is 2.17. The molecule has 104 valence electrons. The van der Waals surface area contributed by atoms with Gasteiger partial charge in [0.25, 0.3) is 0 Å². The Kier molecular flexibility index (Phi) is 4.44. The van der Waals surface area contributed by atoms with Gasteiger partial charge in [0.15, 0.2) is 0 Å². The molecular weight excluding hydrogens is 305 g/mol. The van der Waals surface area contributed by atoms with Crippen LogP contribution in [0, 0.1) is 10.1 Å². The van der Waals surface area contributed by atoms with Crippen molar-refractivity contribution in [1.82, 2.24) is 0 Å². The van der Waals surface area contributed by atoms with Crippen LogP contribution in [-0.4, -0.2) is 10.0 Å². The monoisotopic (exact) mass is 313 g/mol. The van der Waals surface area contributed by atoms with Crippen molar-refractivity contribution in [2.75, 3.05) is 0 Å². The zero-order valence-electron chi connectivity index (χ0n) is 10.0. The maximum absolute atomic E-state index is 11.0. The van der Waals surface area contributed by atoms with E-state index in [2.05, 4.69) is 0 Å². The number of halogens is 2. The molecule has 0 fully saturated rings. The third-order valence-corrected chi connectivity index (χ3v) is 3.26. The van der Waals surface area contributed by atoms with Crippen molar-refractivity contribution < 1.29 is 14.8 Å². The summed E-state index contributed by atoms with van der Waals surface area (Å²) < 4.78 is 5.44. The normalized spacial score (nSPS) is 10.3. The highest BCUT2D eigenvalue weighted by atomic mass is 35.5. The maximum atomic E-state index is 11.0. The van der Waals surface area contributed by atoms with Gasteiger partial charge in [-0.1, -0.05) is 29.3 Å². The van der Waals surface area contributed by atoms with Gasteiger partial charge < -0.3 is 9.84 Å². The first-order valence-electron chi connectivity index (χ1n) is 5.52. The molecule has 0 radical (unpaired) electrons. The molecule has 0 unspecified atom stereocenters. The molecule has 0 aliphatic heterocycles. The molecule has 0 aromatic heterocycles. The van der Waals surface area contributed by atoms with E-state index >= 15 is 0 Å². The summed E-state index contributed by atoms with van der Waals surface area (Å²) >= 11 is 11.6. The molecule has 0 saturated heterocycles. The maximum Gasteiger partial charge on any atom is 0.311 e. The van der Waals surface area contributed by atoms with Crippen LogP contribution in [0.5, 0.6) is 11.5 Å². The summed E-state index contributed by atoms with van der Waals surface area (Å²) in [7, 11) is 0. The van der Waals surface area contributed by atoms with Crippen molar-refractivity contribution in [2.24, 2.45) is 0 Å². The fourth-order valence-electron chi connectivity index (χ4n) is 1.56. The zero-order chi connectivity index (χ0) is 14.7. The summed E-state index contributed by atoms with van der Waals surface area (Å²) in [5.74, 6) is 0.393. The number of rotatable bonds is 4. The molecule has 0 heterocycles. The van der Waals surface area contributed by atoms with Gasteiger partial charge in [0.2, 0.25) is 5.75 Å². The quantitative estimate of drug-likeness (QED) is 0.678. The second-order valence-electron chi connectivity index (χ2n) is 3.90. The number of benzene rings is 2. The first-order valence-corrected chi connectivity index (χ1v) is 6.28. The van der Waals surface area contributed by atoms with Gasteiger partial charge in [0, 0.05) is 12.1 Å². The summed E-state index contributed by atoms with van der Waals surface area (Å²) in [5.41, 5.74) is 0.195. The van der Waals surface area contributed by atoms with Gasteiger partial charge in [0.05, 0.1) is 21.6 Å². The Bertz CT molecular complexity index is 661. The molecule has 2 aromatic carbocycles. The predicted octanol–water partition coefficient (Wildman–Crippen LogP) is 4.19. The van der Waals surface area contributed by atoms with Crippen molar-refractivity contribution in [3.05, 3.63) is 62.1 Å². The number of nitro benzene ring substituents is 1. The summed E-state index contributed by atoms with van der Waals surface area (Å²) in [6.45, 7) is -0.284. The molecule has 20 heavy (non-hydrogen) atoms. The molecule has 0 atom stereocenters. The molecule has 0 saturated carbocycles. The first-order chi connectivity index (χ1) is 9.51. The number of nitrogens with zero attached hydrogens (tertiary/aromatic N) is 1. The van der Waals surface area contributed by atoms with Crippen LogP contribution in [0.1, 0.15) is 5.56 Å². The number of aliphatic hydroxyl groups excluding tert-OH is 1. The van der Waals surface area contributed by atoms with E-state index in [-0.39, 0.29) is 18.0 Å². The largest absolute Gasteiger partial charge is 0.450 e. The van der Waals surface area contributed by atoms with Crippen molar-refractivity contribution in [1.29, 1.82) is 0 Å². The average molecular weight is 314 g/mol. The van der Waals surface area contributed by atoms with E-state index in [0.717, 1.165) is 0 Å². The number of hydrogen-bond acceptors (Lipinski definition) is 4. The van der Waals surface area contributed by atoms with E-state index in [1.54, 1.807) is 12.1 Å². The molecule has 0 aliphatic carbocycles. The number of nitro groups is 1. The number of ether oxygens (including phenoxy) is 1. The van der Waals surface area contributed by atoms with Gasteiger partial charge in [-0.2, -0.15) is 0 Å². The topological polar surface area (TPSA) is 72.6 Å². The lowest BCUT2D eigenvalue weighted by atomic mass is 10.2. The summed E-state index contributed by atoms with van der Waals surface area (Å²) in [6.07, 6.45) is 0. The van der Waals surface area contributed by atoms with E-state index in [0.29, 0.717) is 21.4 Å². The van der Waals surface area contributed by atoms with Crippen LogP contribution >= 0.6 is 23.2 Å². The van der Waals surface area contributed by atoms with E-state index in [9.17, 15) is 10.1 Å². The fraction of sp³-hybridized carbons (Fsp3) is 0.0769. The summed E-state index contributed by atoms with van der Waals surface area (Å²) in [6, 6.07) is 8.78. The van der Waals surface area contributed by atoms with Gasteiger partial charge in [-0.05, 0) is 23.8 Å². The van der Waals surface area contributed by atoms with E-state index in [1.807, 2.05) is 0 Å². The molecule has 5 nitrogen and oxygen atoms in total. The van der Waals surface area contributed by atoms with Gasteiger partial charge >= 0.3 is 5.69 Å². The molecule has 2 rings (SSSR count). The Morgan fingerprint density at radius 1 is 1.15 bits per heavy atom. The van der Waals surface area contributed by atoms with Gasteiger partial charge in [-0.25, -0.2) is 0 Å². The zero-order valence-corrected chi connectivity index (χ0v) is 11.6. The van der Waals surface area contributed by atoms with Crippen LogP contribution in [0.4, 0.5) is 5.69 Å². The Morgan fingerprint density at radius 3 is 2.50 bits per heavy atom. The molecule has 1 N–H and O–H groups in total. The van der Waals surface area contributed by atoms with Crippen LogP contribution in [0.15, 0.2) is 36.4 Å². The fourth-order valence-corrected chi connectivity index (χ4v) is 1.85. The van der Waals surface area contributed by atoms with Crippen molar-refractivity contribution in [2.45, 2.75) is 6.61 Å². The Morgan fingerprint density at radius 2 is 1.90 bits per heavy atom. The Hall–Kier alpha value is -1.82. The van der Waals surface area contributed by atoms with Crippen LogP contribution in [0.25, 0.3) is 0 Å². The van der Waals surface area contributed by atoms with Crippen LogP contribution in [0.2, 0.25) is 10.0 Å². The predicted molar refractivity (Wildman–Crippen MR) is 75.6 cm³/mol. The lowest BCUT2D eigenvalue weighted by Gasteiger charge is -2.08. The third-order valence-electron chi connectivity index (χ3n) is 2.52. The summed E-state index contributed by atoms with van der Waals surface area (Å²) in [5, 5.41) is 20.6. The standard InChI is InChI=1S/C13H9Cl2NO4/c14-10-3-2-9(6-11(10)15)20-13-4-1-8(7-17)5-12(13)16(18)19/h1-6,17H,7H2. The second kappa shape index (κ2) is 6.09. The SMILES string of the molecule is O=[N+]([O-])c1cc(CO)ccc1Oc1ccc(Cl)c(Cl)c1. The second-order valence-corrected chi connectivity index (χ2v) is 4.71. The molecule has 0 amide bonds. The smallest absolute Gasteiger partial charge is 0.311 e. The van der Waals surface area contributed by atoms with Crippen molar-refractivity contribution >= 4 is 28.9 Å². The lowest BCUT2D eigenvalue weighted by molar-refractivity contribution is -0.385. The molecule has 7 heteroatoms. The Balaban J connectivity index is 2.37. The van der Waals surface area contributed by atoms with Crippen LogP contribution < -0.4 is 4.74 Å². The minimum Gasteiger partial charge on any atom is -0.450 e. The average Bonchev–Trinajstić information content (AvgIpc) is 2.43. The minimum atomic E-state index is -0.577. The van der Waals surface area contributed by atoms with Crippen molar-refractivity contribution in [3.8, 4) is 11.5 Å². The van der Waals surface area contributed by atoms with Gasteiger partial charge in [-0.15, -0.1) is 0 Å². The van der Waals surface area contributed by atoms with Crippen molar-refractivity contribution in [3.63, 3.8) is 0 Å². The molecule has 2 aromatic rings. The Labute approximate surface area is 124 Å². The highest BCUT2D eigenvalue weighted by Crippen LogP contribution is 2.34. The number of hydrogen-bond donors (Lipinski definition) is 1. The molecule has 0 spiro atoms. The molecule has 0 bridgehead atoms. The van der Waals surface area contributed by atoms with E-state index < -0.39 is 4.92 Å². The number of aliphatic hydroxyl groups is 1. The lowest BCUT2D eigenvalue weighted by Crippen LogP contribution is -1.95. The van der Waals surface area contributed by atoms with Crippen LogP contribution in [-0.2, 0) is 6.61 Å². The molecule has 0 aliphatic rings. The van der Waals surface area contributed by atoms with E-state index in [4.69, 9.17) is 33.0 Å². The first kappa shape index (κ1) is 14.6.